The highest BCUT2D eigenvalue weighted by atomic mass is 16.5. The molecule has 0 aromatic carbocycles. The molecule has 1 rings (SSSR count). The van der Waals surface area contributed by atoms with Gasteiger partial charge >= 0.3 is 0 Å². The average molecular weight is 142 g/mol. The van der Waals surface area contributed by atoms with Gasteiger partial charge in [0.15, 0.2) is 0 Å². The van der Waals surface area contributed by atoms with Crippen LogP contribution in [0.4, 0.5) is 0 Å². The number of aliphatic hydroxyl groups excluding tert-OH is 1. The van der Waals surface area contributed by atoms with E-state index in [1.165, 1.54) is 5.57 Å². The summed E-state index contributed by atoms with van der Waals surface area (Å²) >= 11 is 0. The van der Waals surface area contributed by atoms with Crippen LogP contribution in [0.1, 0.15) is 20.3 Å². The Kier molecular flexibility index (Phi) is 2.46. The average Bonchev–Trinajstić information content (AvgIpc) is 2.30. The monoisotopic (exact) mass is 142 g/mol. The van der Waals surface area contributed by atoms with E-state index in [1.54, 1.807) is 0 Å². The smallest absolute Gasteiger partial charge is 0.0998 e. The maximum Gasteiger partial charge on any atom is 0.0998 e. The molecular weight excluding hydrogens is 128 g/mol. The summed E-state index contributed by atoms with van der Waals surface area (Å²) in [5, 5.41) is 8.73. The first-order chi connectivity index (χ1) is 4.77. The molecule has 0 aromatic heterocycles. The molecule has 2 unspecified atom stereocenters. The van der Waals surface area contributed by atoms with Crippen LogP contribution in [-0.2, 0) is 4.74 Å². The molecule has 0 radical (unpaired) electrons. The zero-order chi connectivity index (χ0) is 7.56. The molecule has 1 aliphatic heterocycles. The Morgan fingerprint density at radius 1 is 1.70 bits per heavy atom. The molecule has 2 atom stereocenters. The third-order valence-corrected chi connectivity index (χ3v) is 1.85. The minimum absolute atomic E-state index is 0.0510. The van der Waals surface area contributed by atoms with Crippen LogP contribution >= 0.6 is 0 Å². The summed E-state index contributed by atoms with van der Waals surface area (Å²) in [6.45, 7) is 4.24. The molecule has 0 aromatic rings. The van der Waals surface area contributed by atoms with E-state index >= 15 is 0 Å². The normalized spacial score (nSPS) is 32.5. The highest BCUT2D eigenvalue weighted by Gasteiger charge is 2.21. The first-order valence-corrected chi connectivity index (χ1v) is 3.72. The lowest BCUT2D eigenvalue weighted by Gasteiger charge is -2.11. The summed E-state index contributed by atoms with van der Waals surface area (Å²) in [5.41, 5.74) is 1.25. The lowest BCUT2D eigenvalue weighted by molar-refractivity contribution is 0.0214. The zero-order valence-corrected chi connectivity index (χ0v) is 6.50. The summed E-state index contributed by atoms with van der Waals surface area (Å²) in [6, 6.07) is 0. The Bertz CT molecular complexity index is 140. The molecule has 0 saturated heterocycles. The van der Waals surface area contributed by atoms with Crippen molar-refractivity contribution in [2.75, 3.05) is 6.61 Å². The van der Waals surface area contributed by atoms with Gasteiger partial charge in [-0.3, -0.25) is 0 Å². The zero-order valence-electron chi connectivity index (χ0n) is 6.50. The molecule has 58 valence electrons. The minimum atomic E-state index is -0.0510. The van der Waals surface area contributed by atoms with Crippen molar-refractivity contribution >= 4 is 0 Å². The van der Waals surface area contributed by atoms with Crippen molar-refractivity contribution in [2.24, 2.45) is 0 Å². The van der Waals surface area contributed by atoms with Crippen LogP contribution < -0.4 is 0 Å². The fourth-order valence-electron chi connectivity index (χ4n) is 1.27. The summed E-state index contributed by atoms with van der Waals surface area (Å²) in [6.07, 6.45) is 3.19. The summed E-state index contributed by atoms with van der Waals surface area (Å²) in [5.74, 6) is 0. The topological polar surface area (TPSA) is 29.5 Å². The lowest BCUT2D eigenvalue weighted by atomic mass is 10.1. The summed E-state index contributed by atoms with van der Waals surface area (Å²) < 4.78 is 5.43. The Labute approximate surface area is 61.5 Å². The van der Waals surface area contributed by atoms with Crippen LogP contribution in [0, 0.1) is 0 Å². The number of hydrogen-bond acceptors (Lipinski definition) is 2. The van der Waals surface area contributed by atoms with Gasteiger partial charge < -0.3 is 9.84 Å². The molecule has 0 spiro atoms. The second-order valence-corrected chi connectivity index (χ2v) is 2.66. The van der Waals surface area contributed by atoms with Gasteiger partial charge in [-0.05, 0) is 18.9 Å². The van der Waals surface area contributed by atoms with E-state index in [2.05, 4.69) is 6.92 Å². The molecule has 10 heavy (non-hydrogen) atoms. The van der Waals surface area contributed by atoms with Crippen molar-refractivity contribution in [1.29, 1.82) is 0 Å². The van der Waals surface area contributed by atoms with Gasteiger partial charge in [-0.2, -0.15) is 0 Å². The first kappa shape index (κ1) is 7.76. The highest BCUT2D eigenvalue weighted by Crippen LogP contribution is 2.20. The molecule has 0 amide bonds. The fourth-order valence-corrected chi connectivity index (χ4v) is 1.27. The molecule has 1 aliphatic rings. The largest absolute Gasteiger partial charge is 0.393 e. The molecule has 2 heteroatoms. The van der Waals surface area contributed by atoms with Crippen molar-refractivity contribution in [3.8, 4) is 0 Å². The molecule has 1 N–H and O–H groups in total. The van der Waals surface area contributed by atoms with E-state index in [9.17, 15) is 0 Å². The molecule has 1 heterocycles. The number of ether oxygens (including phenoxy) is 1. The van der Waals surface area contributed by atoms with Gasteiger partial charge in [-0.25, -0.2) is 0 Å². The van der Waals surface area contributed by atoms with E-state index in [0.717, 1.165) is 6.42 Å². The third-order valence-electron chi connectivity index (χ3n) is 1.85. The van der Waals surface area contributed by atoms with Crippen molar-refractivity contribution < 1.29 is 9.84 Å². The highest BCUT2D eigenvalue weighted by molar-refractivity contribution is 5.13. The molecule has 0 bridgehead atoms. The molecule has 2 nitrogen and oxygen atoms in total. The maximum absolute atomic E-state index is 8.73. The predicted octanol–water partition coefficient (Wildman–Crippen LogP) is 1.10. The quantitative estimate of drug-likeness (QED) is 0.585. The summed E-state index contributed by atoms with van der Waals surface area (Å²) in [4.78, 5) is 0. The number of aliphatic hydroxyl groups is 1. The summed E-state index contributed by atoms with van der Waals surface area (Å²) in [7, 11) is 0. The van der Waals surface area contributed by atoms with Crippen LogP contribution in [0.25, 0.3) is 0 Å². The lowest BCUT2D eigenvalue weighted by Crippen LogP contribution is -2.15. The van der Waals surface area contributed by atoms with E-state index in [1.807, 2.05) is 13.0 Å². The van der Waals surface area contributed by atoms with E-state index in [4.69, 9.17) is 9.84 Å². The van der Waals surface area contributed by atoms with Crippen molar-refractivity contribution in [2.45, 2.75) is 32.5 Å². The second-order valence-electron chi connectivity index (χ2n) is 2.66. The van der Waals surface area contributed by atoms with Crippen molar-refractivity contribution in [3.05, 3.63) is 11.6 Å². The van der Waals surface area contributed by atoms with E-state index < -0.39 is 0 Å². The van der Waals surface area contributed by atoms with Crippen LogP contribution in [0.2, 0.25) is 0 Å². The SMILES string of the molecule is CCC1OC(CO)C=C1C. The Hall–Kier alpha value is -0.340. The third kappa shape index (κ3) is 1.39. The predicted molar refractivity (Wildman–Crippen MR) is 39.8 cm³/mol. The molecular formula is C8H14O2. The Morgan fingerprint density at radius 3 is 2.70 bits per heavy atom. The second kappa shape index (κ2) is 3.17. The van der Waals surface area contributed by atoms with E-state index in [0.29, 0.717) is 0 Å². The van der Waals surface area contributed by atoms with Gasteiger partial charge in [-0.15, -0.1) is 0 Å². The van der Waals surface area contributed by atoms with Crippen LogP contribution in [-0.4, -0.2) is 23.9 Å². The van der Waals surface area contributed by atoms with Gasteiger partial charge in [0.2, 0.25) is 0 Å². The minimum Gasteiger partial charge on any atom is -0.393 e. The first-order valence-electron chi connectivity index (χ1n) is 3.72. The molecule has 0 fully saturated rings. The maximum atomic E-state index is 8.73. The standard InChI is InChI=1S/C8H14O2/c1-3-8-6(2)4-7(5-9)10-8/h4,7-9H,3,5H2,1-2H3. The van der Waals surface area contributed by atoms with Crippen LogP contribution in [0.5, 0.6) is 0 Å². The van der Waals surface area contributed by atoms with Gasteiger partial charge in [0.25, 0.3) is 0 Å². The van der Waals surface area contributed by atoms with Gasteiger partial charge in [0, 0.05) is 0 Å². The van der Waals surface area contributed by atoms with E-state index in [-0.39, 0.29) is 18.8 Å². The van der Waals surface area contributed by atoms with Crippen LogP contribution in [0.15, 0.2) is 11.6 Å². The number of rotatable bonds is 2. The number of hydrogen-bond donors (Lipinski definition) is 1. The van der Waals surface area contributed by atoms with Gasteiger partial charge in [0.05, 0.1) is 18.8 Å². The van der Waals surface area contributed by atoms with Crippen molar-refractivity contribution in [1.82, 2.24) is 0 Å². The van der Waals surface area contributed by atoms with Gasteiger partial charge in [0.1, 0.15) is 0 Å². The van der Waals surface area contributed by atoms with Crippen LogP contribution in [0.3, 0.4) is 0 Å². The van der Waals surface area contributed by atoms with Gasteiger partial charge in [-0.1, -0.05) is 13.0 Å². The fraction of sp³-hybridized carbons (Fsp3) is 0.750. The van der Waals surface area contributed by atoms with Crippen molar-refractivity contribution in [3.63, 3.8) is 0 Å². The molecule has 0 saturated carbocycles. The Morgan fingerprint density at radius 2 is 2.40 bits per heavy atom. The Balaban J connectivity index is 2.50. The molecule has 0 aliphatic carbocycles.